The number of esters is 2. The first kappa shape index (κ1) is 39.9. The molecule has 2 aromatic rings. The van der Waals surface area contributed by atoms with E-state index in [4.69, 9.17) is 19.2 Å². The highest BCUT2D eigenvalue weighted by Crippen LogP contribution is 2.23. The van der Waals surface area contributed by atoms with Crippen LogP contribution in [-0.2, 0) is 33.4 Å². The standard InChI is InChI=1S/C37H53N5O8/c1-22(2)31(40-35(47)50-37(8,9)10)32(44)38-23(3)33(45)42-20-12-14-28(41-42)34(46)48-24(4)27-19-18-26-17-16-25(21-29(26)39-27)13-11-15-30(43)49-36(5,6)7/h11,13,16-19,21-24,28,31,41H,12,14-15,20H2,1-10H3,(H,38,44)(H,40,47)/b13-11+/t23-,24+,28-,31-/m0/s1. The third kappa shape index (κ3) is 12.4. The summed E-state index contributed by atoms with van der Waals surface area (Å²) in [5, 5.41) is 7.49. The second-order valence-electron chi connectivity index (χ2n) is 14.9. The molecule has 3 amide bonds. The molecule has 1 aromatic heterocycles. The van der Waals surface area contributed by atoms with E-state index < -0.39 is 59.3 Å². The van der Waals surface area contributed by atoms with Crippen LogP contribution in [0, 0.1) is 5.92 Å². The zero-order valence-corrected chi connectivity index (χ0v) is 30.9. The van der Waals surface area contributed by atoms with Crippen LogP contribution in [-0.4, -0.2) is 75.7 Å². The number of benzene rings is 1. The van der Waals surface area contributed by atoms with Gasteiger partial charge in [0.15, 0.2) is 0 Å². The number of carbonyl (C=O) groups is 5. The second kappa shape index (κ2) is 16.9. The van der Waals surface area contributed by atoms with Crippen molar-refractivity contribution in [3.05, 3.63) is 47.7 Å². The predicted molar refractivity (Wildman–Crippen MR) is 189 cm³/mol. The average molecular weight is 696 g/mol. The van der Waals surface area contributed by atoms with Crippen LogP contribution < -0.4 is 16.1 Å². The monoisotopic (exact) mass is 695 g/mol. The minimum Gasteiger partial charge on any atom is -0.460 e. The van der Waals surface area contributed by atoms with Gasteiger partial charge in [-0.05, 0) is 91.8 Å². The maximum Gasteiger partial charge on any atom is 0.408 e. The number of amides is 3. The van der Waals surface area contributed by atoms with Gasteiger partial charge in [0, 0.05) is 11.9 Å². The van der Waals surface area contributed by atoms with Crippen LogP contribution in [0.3, 0.4) is 0 Å². The Morgan fingerprint density at radius 2 is 1.62 bits per heavy atom. The molecule has 274 valence electrons. The van der Waals surface area contributed by atoms with Crippen LogP contribution in [0.2, 0.25) is 0 Å². The smallest absolute Gasteiger partial charge is 0.408 e. The Kier molecular flexibility index (Phi) is 13.5. The van der Waals surface area contributed by atoms with E-state index in [0.717, 1.165) is 10.9 Å². The van der Waals surface area contributed by atoms with Gasteiger partial charge in [-0.3, -0.25) is 24.2 Å². The topological polar surface area (TPSA) is 165 Å². The number of hydrogen-bond acceptors (Lipinski definition) is 10. The highest BCUT2D eigenvalue weighted by molar-refractivity contribution is 5.91. The number of rotatable bonds is 11. The van der Waals surface area contributed by atoms with Crippen LogP contribution >= 0.6 is 0 Å². The van der Waals surface area contributed by atoms with Crippen LogP contribution in [0.4, 0.5) is 4.79 Å². The molecule has 13 heteroatoms. The van der Waals surface area contributed by atoms with Crippen LogP contribution in [0.5, 0.6) is 0 Å². The summed E-state index contributed by atoms with van der Waals surface area (Å²) in [7, 11) is 0. The van der Waals surface area contributed by atoms with Gasteiger partial charge in [-0.2, -0.15) is 0 Å². The number of carbonyl (C=O) groups excluding carboxylic acids is 5. The van der Waals surface area contributed by atoms with E-state index >= 15 is 0 Å². The maximum absolute atomic E-state index is 13.3. The van der Waals surface area contributed by atoms with Gasteiger partial charge < -0.3 is 24.8 Å². The van der Waals surface area contributed by atoms with Crippen molar-refractivity contribution < 1.29 is 38.2 Å². The summed E-state index contributed by atoms with van der Waals surface area (Å²) < 4.78 is 16.4. The van der Waals surface area contributed by atoms with Crippen molar-refractivity contribution in [1.29, 1.82) is 0 Å². The van der Waals surface area contributed by atoms with Crippen LogP contribution in [0.1, 0.15) is 106 Å². The molecular formula is C37H53N5O8. The summed E-state index contributed by atoms with van der Waals surface area (Å²) >= 11 is 0. The number of aromatic nitrogens is 1. The van der Waals surface area contributed by atoms with E-state index in [-0.39, 0.29) is 18.3 Å². The van der Waals surface area contributed by atoms with E-state index in [9.17, 15) is 24.0 Å². The van der Waals surface area contributed by atoms with E-state index in [1.54, 1.807) is 60.6 Å². The van der Waals surface area contributed by atoms with Crippen LogP contribution in [0.25, 0.3) is 17.0 Å². The van der Waals surface area contributed by atoms with Gasteiger partial charge in [0.2, 0.25) is 5.91 Å². The molecule has 1 aliphatic rings. The zero-order valence-electron chi connectivity index (χ0n) is 30.9. The molecule has 0 spiro atoms. The Labute approximate surface area is 294 Å². The first-order valence-corrected chi connectivity index (χ1v) is 17.1. The molecule has 1 saturated heterocycles. The van der Waals surface area contributed by atoms with Crippen LogP contribution in [0.15, 0.2) is 36.4 Å². The molecule has 4 atom stereocenters. The van der Waals surface area contributed by atoms with Gasteiger partial charge in [0.25, 0.3) is 5.91 Å². The number of ether oxygens (including phenoxy) is 3. The largest absolute Gasteiger partial charge is 0.460 e. The molecule has 0 unspecified atom stereocenters. The molecule has 1 fully saturated rings. The van der Waals surface area contributed by atoms with Crippen molar-refractivity contribution in [3.8, 4) is 0 Å². The molecule has 0 aliphatic carbocycles. The Bertz CT molecular complexity index is 1580. The lowest BCUT2D eigenvalue weighted by Gasteiger charge is -2.35. The highest BCUT2D eigenvalue weighted by Gasteiger charge is 2.34. The third-order valence-corrected chi connectivity index (χ3v) is 7.55. The lowest BCUT2D eigenvalue weighted by Crippen LogP contribution is -2.61. The summed E-state index contributed by atoms with van der Waals surface area (Å²) in [5.74, 6) is -2.08. The van der Waals surface area contributed by atoms with Crippen molar-refractivity contribution >= 4 is 46.8 Å². The Morgan fingerprint density at radius 3 is 2.26 bits per heavy atom. The Hall–Kier alpha value is -4.52. The quantitative estimate of drug-likeness (QED) is 0.212. The molecule has 1 aromatic carbocycles. The van der Waals surface area contributed by atoms with E-state index in [2.05, 4.69) is 16.1 Å². The Balaban J connectivity index is 1.59. The number of hydrazine groups is 1. The van der Waals surface area contributed by atoms with Gasteiger partial charge in [-0.1, -0.05) is 44.2 Å². The lowest BCUT2D eigenvalue weighted by molar-refractivity contribution is -0.157. The number of nitrogens with zero attached hydrogens (tertiary/aromatic N) is 2. The van der Waals surface area contributed by atoms with Gasteiger partial charge in [0.1, 0.15) is 35.4 Å². The molecule has 0 radical (unpaired) electrons. The minimum absolute atomic E-state index is 0.146. The number of fused-ring (bicyclic) bond motifs is 1. The first-order valence-electron chi connectivity index (χ1n) is 17.1. The number of alkyl carbamates (subject to hydrolysis) is 1. The molecule has 0 bridgehead atoms. The van der Waals surface area contributed by atoms with Gasteiger partial charge in [-0.25, -0.2) is 15.2 Å². The van der Waals surface area contributed by atoms with Crippen molar-refractivity contribution in [2.45, 2.75) is 124 Å². The minimum atomic E-state index is -0.941. The SMILES string of the molecule is CC(C)[C@H](NC(=O)OC(C)(C)C)C(=O)N[C@@H](C)C(=O)N1CCC[C@@H](C(=O)O[C@H](C)c2ccc3ccc(/C=C/CC(=O)OC(C)(C)C)cc3n2)N1. The molecule has 2 heterocycles. The van der Waals surface area contributed by atoms with Gasteiger partial charge in [0.05, 0.1) is 17.6 Å². The molecule has 0 saturated carbocycles. The zero-order chi connectivity index (χ0) is 37.4. The molecule has 1 aliphatic heterocycles. The summed E-state index contributed by atoms with van der Waals surface area (Å²) in [4.78, 5) is 68.6. The third-order valence-electron chi connectivity index (χ3n) is 7.55. The molecule has 13 nitrogen and oxygen atoms in total. The lowest BCUT2D eigenvalue weighted by atomic mass is 10.0. The second-order valence-corrected chi connectivity index (χ2v) is 14.9. The van der Waals surface area contributed by atoms with Gasteiger partial charge >= 0.3 is 18.0 Å². The fraction of sp³-hybridized carbons (Fsp3) is 0.568. The van der Waals surface area contributed by atoms with Crippen molar-refractivity contribution in [2.75, 3.05) is 6.54 Å². The molecule has 3 N–H and O–H groups in total. The summed E-state index contributed by atoms with van der Waals surface area (Å²) in [6.07, 6.45) is 3.32. The highest BCUT2D eigenvalue weighted by atomic mass is 16.6. The maximum atomic E-state index is 13.3. The fourth-order valence-electron chi connectivity index (χ4n) is 5.15. The van der Waals surface area contributed by atoms with Crippen molar-refractivity contribution in [1.82, 2.24) is 26.1 Å². The normalized spacial score (nSPS) is 17.2. The Morgan fingerprint density at radius 1 is 0.960 bits per heavy atom. The predicted octanol–water partition coefficient (Wildman–Crippen LogP) is 5.13. The number of pyridine rings is 1. The average Bonchev–Trinajstić information content (AvgIpc) is 3.01. The van der Waals surface area contributed by atoms with E-state index in [1.807, 2.05) is 51.1 Å². The van der Waals surface area contributed by atoms with E-state index in [0.29, 0.717) is 30.6 Å². The number of hydrogen-bond donors (Lipinski definition) is 3. The van der Waals surface area contributed by atoms with E-state index in [1.165, 1.54) is 5.01 Å². The number of nitrogens with one attached hydrogen (secondary N) is 3. The van der Waals surface area contributed by atoms with Crippen molar-refractivity contribution in [2.24, 2.45) is 5.92 Å². The molecular weight excluding hydrogens is 642 g/mol. The van der Waals surface area contributed by atoms with Crippen molar-refractivity contribution in [3.63, 3.8) is 0 Å². The fourth-order valence-corrected chi connectivity index (χ4v) is 5.15. The molecule has 50 heavy (non-hydrogen) atoms. The first-order chi connectivity index (χ1) is 23.2. The molecule has 3 rings (SSSR count). The summed E-state index contributed by atoms with van der Waals surface area (Å²) in [5.41, 5.74) is 3.80. The van der Waals surface area contributed by atoms with Gasteiger partial charge in [-0.15, -0.1) is 0 Å². The summed E-state index contributed by atoms with van der Waals surface area (Å²) in [6.45, 7) is 17.8. The summed E-state index contributed by atoms with van der Waals surface area (Å²) in [6, 6.07) is 6.80.